The van der Waals surface area contributed by atoms with Crippen LogP contribution in [0.2, 0.25) is 0 Å². The lowest BCUT2D eigenvalue weighted by Crippen LogP contribution is -2.36. The summed E-state index contributed by atoms with van der Waals surface area (Å²) < 4.78 is 5.45. The summed E-state index contributed by atoms with van der Waals surface area (Å²) in [4.78, 5) is 11.4. The molecule has 4 heteroatoms. The van der Waals surface area contributed by atoms with Crippen LogP contribution in [0.3, 0.4) is 0 Å². The molecular formula is C21H27NO3. The second kappa shape index (κ2) is 9.23. The molecule has 134 valence electrons. The Morgan fingerprint density at radius 2 is 2.00 bits per heavy atom. The summed E-state index contributed by atoms with van der Waals surface area (Å²) in [6, 6.07) is 13.8. The summed E-state index contributed by atoms with van der Waals surface area (Å²) in [6.45, 7) is 4.61. The predicted molar refractivity (Wildman–Crippen MR) is 101 cm³/mol. The minimum Gasteiger partial charge on any atom is -0.496 e. The highest BCUT2D eigenvalue weighted by molar-refractivity contribution is 5.73. The largest absolute Gasteiger partial charge is 0.496 e. The lowest BCUT2D eigenvalue weighted by Gasteiger charge is -2.17. The topological polar surface area (TPSA) is 58.6 Å². The van der Waals surface area contributed by atoms with E-state index in [4.69, 9.17) is 4.74 Å². The number of hydrogen-bond donors (Lipinski definition) is 2. The van der Waals surface area contributed by atoms with Gasteiger partial charge in [0.25, 0.3) is 0 Å². The van der Waals surface area contributed by atoms with Gasteiger partial charge in [-0.1, -0.05) is 50.1 Å². The van der Waals surface area contributed by atoms with Crippen LogP contribution in [0.4, 0.5) is 0 Å². The molecule has 2 N–H and O–H groups in total. The zero-order chi connectivity index (χ0) is 18.2. The number of nitrogens with one attached hydrogen (secondary N) is 1. The Morgan fingerprint density at radius 3 is 2.64 bits per heavy atom. The van der Waals surface area contributed by atoms with Gasteiger partial charge in [0, 0.05) is 12.1 Å². The van der Waals surface area contributed by atoms with Crippen LogP contribution in [0.15, 0.2) is 42.5 Å². The average Bonchev–Trinajstić information content (AvgIpc) is 2.61. The fourth-order valence-corrected chi connectivity index (χ4v) is 2.94. The molecule has 0 aliphatic rings. The van der Waals surface area contributed by atoms with Gasteiger partial charge in [-0.3, -0.25) is 4.79 Å². The molecule has 4 nitrogen and oxygen atoms in total. The second-order valence-corrected chi connectivity index (χ2v) is 6.26. The van der Waals surface area contributed by atoms with E-state index in [0.717, 1.165) is 29.7 Å². The first-order valence-corrected chi connectivity index (χ1v) is 8.76. The quantitative estimate of drug-likeness (QED) is 0.709. The van der Waals surface area contributed by atoms with E-state index in [1.807, 2.05) is 24.3 Å². The number of benzene rings is 2. The van der Waals surface area contributed by atoms with Crippen molar-refractivity contribution in [2.24, 2.45) is 0 Å². The zero-order valence-electron chi connectivity index (χ0n) is 15.2. The van der Waals surface area contributed by atoms with Crippen molar-refractivity contribution in [3.8, 4) is 16.9 Å². The van der Waals surface area contributed by atoms with Gasteiger partial charge in [0.05, 0.1) is 7.11 Å². The van der Waals surface area contributed by atoms with Crippen LogP contribution in [0.5, 0.6) is 5.75 Å². The van der Waals surface area contributed by atoms with Gasteiger partial charge >= 0.3 is 5.97 Å². The van der Waals surface area contributed by atoms with Crippen molar-refractivity contribution < 1.29 is 14.6 Å². The maximum Gasteiger partial charge on any atom is 0.320 e. The first-order chi connectivity index (χ1) is 12.1. The zero-order valence-corrected chi connectivity index (χ0v) is 15.2. The van der Waals surface area contributed by atoms with E-state index in [9.17, 15) is 9.90 Å². The van der Waals surface area contributed by atoms with E-state index in [-0.39, 0.29) is 0 Å². The van der Waals surface area contributed by atoms with E-state index >= 15 is 0 Å². The number of aryl methyl sites for hydroxylation is 1. The Morgan fingerprint density at radius 1 is 1.24 bits per heavy atom. The first-order valence-electron chi connectivity index (χ1n) is 8.76. The Labute approximate surface area is 149 Å². The molecule has 0 bridgehead atoms. The highest BCUT2D eigenvalue weighted by Crippen LogP contribution is 2.28. The molecule has 0 saturated heterocycles. The molecule has 0 aliphatic carbocycles. The number of rotatable bonds is 9. The van der Waals surface area contributed by atoms with Gasteiger partial charge < -0.3 is 15.2 Å². The van der Waals surface area contributed by atoms with Crippen molar-refractivity contribution in [2.45, 2.75) is 45.7 Å². The van der Waals surface area contributed by atoms with E-state index in [1.54, 1.807) is 7.11 Å². The monoisotopic (exact) mass is 341 g/mol. The van der Waals surface area contributed by atoms with Crippen LogP contribution in [-0.2, 0) is 11.3 Å². The molecule has 0 spiro atoms. The van der Waals surface area contributed by atoms with Crippen LogP contribution in [0.25, 0.3) is 11.1 Å². The molecule has 0 heterocycles. The predicted octanol–water partition coefficient (Wildman–Crippen LogP) is 4.40. The van der Waals surface area contributed by atoms with Gasteiger partial charge in [-0.15, -0.1) is 0 Å². The Balaban J connectivity index is 2.22. The molecule has 0 aliphatic heterocycles. The van der Waals surface area contributed by atoms with Crippen molar-refractivity contribution in [3.05, 3.63) is 53.6 Å². The number of hydrogen-bond acceptors (Lipinski definition) is 3. The van der Waals surface area contributed by atoms with Crippen LogP contribution >= 0.6 is 0 Å². The van der Waals surface area contributed by atoms with E-state index in [1.165, 1.54) is 11.1 Å². The van der Waals surface area contributed by atoms with Crippen LogP contribution in [-0.4, -0.2) is 24.2 Å². The van der Waals surface area contributed by atoms with Gasteiger partial charge in [0.2, 0.25) is 0 Å². The Kier molecular flexibility index (Phi) is 7.02. The molecule has 25 heavy (non-hydrogen) atoms. The first kappa shape index (κ1) is 19.0. The summed E-state index contributed by atoms with van der Waals surface area (Å²) in [5.74, 6) is -0.0352. The molecular weight excluding hydrogens is 314 g/mol. The summed E-state index contributed by atoms with van der Waals surface area (Å²) in [5.41, 5.74) is 4.45. The van der Waals surface area contributed by atoms with Gasteiger partial charge in [0.15, 0.2) is 0 Å². The minimum atomic E-state index is -0.803. The van der Waals surface area contributed by atoms with Crippen LogP contribution in [0, 0.1) is 6.92 Å². The van der Waals surface area contributed by atoms with Gasteiger partial charge in [-0.05, 0) is 42.2 Å². The molecule has 1 unspecified atom stereocenters. The van der Waals surface area contributed by atoms with Gasteiger partial charge in [-0.25, -0.2) is 0 Å². The highest BCUT2D eigenvalue weighted by atomic mass is 16.5. The minimum absolute atomic E-state index is 0.462. The summed E-state index contributed by atoms with van der Waals surface area (Å²) in [6.07, 6.45) is 2.51. The SMILES string of the molecule is CCCCC(NCc1cc(-c2ccccc2C)ccc1OC)C(=O)O. The third-order valence-corrected chi connectivity index (χ3v) is 4.42. The van der Waals surface area contributed by atoms with Gasteiger partial charge in [-0.2, -0.15) is 0 Å². The standard InChI is InChI=1S/C21H27NO3/c1-4-5-10-19(21(23)24)22-14-17-13-16(11-12-20(17)25-3)18-9-7-6-8-15(18)2/h6-9,11-13,19,22H,4-5,10,14H2,1-3H3,(H,23,24). The lowest BCUT2D eigenvalue weighted by molar-refractivity contribution is -0.139. The number of ether oxygens (including phenoxy) is 1. The number of aliphatic carboxylic acids is 1. The normalized spacial score (nSPS) is 12.0. The number of carboxylic acids is 1. The molecule has 2 rings (SSSR count). The lowest BCUT2D eigenvalue weighted by atomic mass is 9.98. The number of methoxy groups -OCH3 is 1. The summed E-state index contributed by atoms with van der Waals surface area (Å²) in [7, 11) is 1.64. The molecule has 0 radical (unpaired) electrons. The second-order valence-electron chi connectivity index (χ2n) is 6.26. The van der Waals surface area contributed by atoms with Crippen molar-refractivity contribution in [1.82, 2.24) is 5.32 Å². The van der Waals surface area contributed by atoms with E-state index in [0.29, 0.717) is 13.0 Å². The third kappa shape index (κ3) is 5.07. The highest BCUT2D eigenvalue weighted by Gasteiger charge is 2.17. The average molecular weight is 341 g/mol. The number of unbranched alkanes of at least 4 members (excludes halogenated alkanes) is 1. The molecule has 0 fully saturated rings. The van der Waals surface area contributed by atoms with Crippen molar-refractivity contribution in [3.63, 3.8) is 0 Å². The molecule has 0 amide bonds. The smallest absolute Gasteiger partial charge is 0.320 e. The van der Waals surface area contributed by atoms with E-state index in [2.05, 4.69) is 37.4 Å². The Bertz CT molecular complexity index is 712. The van der Waals surface area contributed by atoms with Crippen LogP contribution in [0.1, 0.15) is 37.3 Å². The van der Waals surface area contributed by atoms with Crippen molar-refractivity contribution in [2.75, 3.05) is 7.11 Å². The molecule has 2 aromatic carbocycles. The van der Waals surface area contributed by atoms with Crippen molar-refractivity contribution in [1.29, 1.82) is 0 Å². The van der Waals surface area contributed by atoms with Gasteiger partial charge in [0.1, 0.15) is 11.8 Å². The third-order valence-electron chi connectivity index (χ3n) is 4.42. The fraction of sp³-hybridized carbons (Fsp3) is 0.381. The molecule has 2 aromatic rings. The molecule has 0 aromatic heterocycles. The Hall–Kier alpha value is -2.33. The molecule has 1 atom stereocenters. The molecule has 0 saturated carbocycles. The number of carbonyl (C=O) groups is 1. The summed E-state index contributed by atoms with van der Waals surface area (Å²) >= 11 is 0. The van der Waals surface area contributed by atoms with Crippen LogP contribution < -0.4 is 10.1 Å². The fourth-order valence-electron chi connectivity index (χ4n) is 2.94. The summed E-state index contributed by atoms with van der Waals surface area (Å²) in [5, 5.41) is 12.5. The number of carboxylic acid groups (broad SMARTS) is 1. The maximum atomic E-state index is 11.4. The maximum absolute atomic E-state index is 11.4. The van der Waals surface area contributed by atoms with Crippen molar-refractivity contribution >= 4 is 5.97 Å². The van der Waals surface area contributed by atoms with E-state index < -0.39 is 12.0 Å².